The van der Waals surface area contributed by atoms with Crippen LogP contribution < -0.4 is 4.90 Å². The van der Waals surface area contributed by atoms with Crippen LogP contribution >= 0.6 is 0 Å². The summed E-state index contributed by atoms with van der Waals surface area (Å²) in [6, 6.07) is 15.7. The van der Waals surface area contributed by atoms with E-state index in [4.69, 9.17) is 4.98 Å². The first-order chi connectivity index (χ1) is 13.1. The van der Waals surface area contributed by atoms with E-state index in [-0.39, 0.29) is 0 Å². The van der Waals surface area contributed by atoms with Gasteiger partial charge in [0.1, 0.15) is 0 Å². The Morgan fingerprint density at radius 3 is 2.30 bits per heavy atom. The molecule has 27 heavy (non-hydrogen) atoms. The molecule has 2 heterocycles. The molecule has 1 fully saturated rings. The van der Waals surface area contributed by atoms with Gasteiger partial charge >= 0.3 is 5.97 Å². The van der Waals surface area contributed by atoms with Gasteiger partial charge in [-0.25, -0.2) is 9.78 Å². The molecule has 138 valence electrons. The van der Waals surface area contributed by atoms with Gasteiger partial charge in [-0.05, 0) is 25.8 Å². The molecule has 0 bridgehead atoms. The smallest absolute Gasteiger partial charge is 0.338 e. The fourth-order valence-electron chi connectivity index (χ4n) is 3.93. The number of aryl methyl sites for hydroxylation is 1. The predicted octanol–water partition coefficient (Wildman–Crippen LogP) is 5.29. The summed E-state index contributed by atoms with van der Waals surface area (Å²) in [7, 11) is 0. The van der Waals surface area contributed by atoms with Gasteiger partial charge in [0, 0.05) is 24.0 Å². The number of para-hydroxylation sites is 1. The predicted molar refractivity (Wildman–Crippen MR) is 110 cm³/mol. The molecule has 4 heteroatoms. The molecule has 0 unspecified atom stereocenters. The molecule has 0 aliphatic carbocycles. The van der Waals surface area contributed by atoms with Gasteiger partial charge in [0.05, 0.1) is 22.5 Å². The van der Waals surface area contributed by atoms with Crippen LogP contribution in [0.3, 0.4) is 0 Å². The topological polar surface area (TPSA) is 53.4 Å². The number of benzene rings is 2. The summed E-state index contributed by atoms with van der Waals surface area (Å²) in [5, 5.41) is 10.8. The number of carboxylic acids is 1. The van der Waals surface area contributed by atoms with Crippen LogP contribution in [0.2, 0.25) is 0 Å². The van der Waals surface area contributed by atoms with E-state index in [0.717, 1.165) is 48.4 Å². The third-order valence-corrected chi connectivity index (χ3v) is 5.33. The Balaban J connectivity index is 2.03. The van der Waals surface area contributed by atoms with E-state index in [1.165, 1.54) is 18.4 Å². The Kier molecular flexibility index (Phi) is 4.80. The zero-order valence-corrected chi connectivity index (χ0v) is 15.6. The third kappa shape index (κ3) is 3.39. The van der Waals surface area contributed by atoms with Crippen molar-refractivity contribution in [2.24, 2.45) is 0 Å². The van der Waals surface area contributed by atoms with Gasteiger partial charge in [-0.3, -0.25) is 0 Å². The molecule has 0 saturated carbocycles. The van der Waals surface area contributed by atoms with Gasteiger partial charge in [-0.1, -0.05) is 60.9 Å². The molecule has 1 aromatic heterocycles. The molecule has 1 N–H and O–H groups in total. The highest BCUT2D eigenvalue weighted by Gasteiger charge is 2.25. The normalized spacial score (nSPS) is 14.9. The average molecular weight is 360 g/mol. The van der Waals surface area contributed by atoms with Crippen molar-refractivity contribution < 1.29 is 9.90 Å². The van der Waals surface area contributed by atoms with Crippen molar-refractivity contribution in [1.29, 1.82) is 0 Å². The summed E-state index contributed by atoms with van der Waals surface area (Å²) in [5.74, 6) is -0.888. The van der Waals surface area contributed by atoms with E-state index in [9.17, 15) is 9.90 Å². The summed E-state index contributed by atoms with van der Waals surface area (Å²) in [5.41, 5.74) is 4.78. The molecule has 1 saturated heterocycles. The maximum absolute atomic E-state index is 12.3. The quantitative estimate of drug-likeness (QED) is 0.689. The van der Waals surface area contributed by atoms with Crippen molar-refractivity contribution in [2.75, 3.05) is 18.0 Å². The minimum atomic E-state index is -0.888. The molecular weight excluding hydrogens is 336 g/mol. The zero-order chi connectivity index (χ0) is 18.8. The number of pyridine rings is 1. The molecule has 0 atom stereocenters. The van der Waals surface area contributed by atoms with Crippen molar-refractivity contribution in [3.63, 3.8) is 0 Å². The number of anilines is 1. The van der Waals surface area contributed by atoms with E-state index in [1.54, 1.807) is 0 Å². The lowest BCUT2D eigenvalue weighted by Gasteiger charge is -2.27. The number of aromatic carboxylic acids is 1. The summed E-state index contributed by atoms with van der Waals surface area (Å²) in [6.45, 7) is 3.80. The van der Waals surface area contributed by atoms with Gasteiger partial charge in [-0.15, -0.1) is 0 Å². The molecule has 1 aliphatic heterocycles. The zero-order valence-electron chi connectivity index (χ0n) is 15.6. The Morgan fingerprint density at radius 2 is 1.63 bits per heavy atom. The standard InChI is InChI=1S/C23H24N2O2/c1-16-10-12-17(13-11-16)21-22(25-14-6-2-3-7-15-25)20(23(26)27)18-8-4-5-9-19(18)24-21/h4-5,8-13H,2-3,6-7,14-15H2,1H3,(H,26,27). The molecular formula is C23H24N2O2. The summed E-state index contributed by atoms with van der Waals surface area (Å²) >= 11 is 0. The number of carboxylic acid groups (broad SMARTS) is 1. The van der Waals surface area contributed by atoms with E-state index >= 15 is 0 Å². The van der Waals surface area contributed by atoms with Crippen LogP contribution in [-0.4, -0.2) is 29.1 Å². The van der Waals surface area contributed by atoms with E-state index in [1.807, 2.05) is 36.4 Å². The van der Waals surface area contributed by atoms with E-state index < -0.39 is 5.97 Å². The molecule has 4 rings (SSSR count). The largest absolute Gasteiger partial charge is 0.478 e. The van der Waals surface area contributed by atoms with Crippen LogP contribution in [-0.2, 0) is 0 Å². The van der Waals surface area contributed by atoms with Crippen molar-refractivity contribution >= 4 is 22.6 Å². The lowest BCUT2D eigenvalue weighted by atomic mass is 9.99. The lowest BCUT2D eigenvalue weighted by Crippen LogP contribution is -2.27. The van der Waals surface area contributed by atoms with Crippen molar-refractivity contribution in [3.05, 3.63) is 59.7 Å². The minimum Gasteiger partial charge on any atom is -0.478 e. The molecule has 1 aliphatic rings. The molecule has 0 amide bonds. The number of carbonyl (C=O) groups is 1. The highest BCUT2D eigenvalue weighted by Crippen LogP contribution is 2.38. The maximum Gasteiger partial charge on any atom is 0.338 e. The van der Waals surface area contributed by atoms with Crippen LogP contribution in [0.15, 0.2) is 48.5 Å². The monoisotopic (exact) mass is 360 g/mol. The third-order valence-electron chi connectivity index (χ3n) is 5.33. The Hall–Kier alpha value is -2.88. The van der Waals surface area contributed by atoms with Crippen molar-refractivity contribution in [2.45, 2.75) is 32.6 Å². The second-order valence-electron chi connectivity index (χ2n) is 7.27. The average Bonchev–Trinajstić information content (AvgIpc) is 2.96. The molecule has 3 aromatic rings. The first-order valence-corrected chi connectivity index (χ1v) is 9.63. The summed E-state index contributed by atoms with van der Waals surface area (Å²) in [6.07, 6.45) is 4.55. The number of nitrogens with zero attached hydrogens (tertiary/aromatic N) is 2. The first-order valence-electron chi connectivity index (χ1n) is 9.63. The molecule has 4 nitrogen and oxygen atoms in total. The van der Waals surface area contributed by atoms with Crippen LogP contribution in [0.25, 0.3) is 22.2 Å². The number of hydrogen-bond donors (Lipinski definition) is 1. The van der Waals surface area contributed by atoms with Gasteiger partial charge in [0.2, 0.25) is 0 Å². The second kappa shape index (κ2) is 7.39. The number of rotatable bonds is 3. The molecule has 0 radical (unpaired) electrons. The number of aromatic nitrogens is 1. The summed E-state index contributed by atoms with van der Waals surface area (Å²) < 4.78 is 0. The Morgan fingerprint density at radius 1 is 0.963 bits per heavy atom. The highest BCUT2D eigenvalue weighted by molar-refractivity contribution is 6.10. The fourth-order valence-corrected chi connectivity index (χ4v) is 3.93. The van der Waals surface area contributed by atoms with E-state index in [0.29, 0.717) is 10.9 Å². The Labute approximate surface area is 159 Å². The second-order valence-corrected chi connectivity index (χ2v) is 7.27. The lowest BCUT2D eigenvalue weighted by molar-refractivity contribution is 0.0699. The van der Waals surface area contributed by atoms with Crippen LogP contribution in [0.5, 0.6) is 0 Å². The number of hydrogen-bond acceptors (Lipinski definition) is 3. The SMILES string of the molecule is Cc1ccc(-c2nc3ccccc3c(C(=O)O)c2N2CCCCCC2)cc1. The van der Waals surface area contributed by atoms with Gasteiger partial charge in [0.25, 0.3) is 0 Å². The van der Waals surface area contributed by atoms with Crippen LogP contribution in [0.4, 0.5) is 5.69 Å². The van der Waals surface area contributed by atoms with Crippen LogP contribution in [0, 0.1) is 6.92 Å². The molecule has 0 spiro atoms. The van der Waals surface area contributed by atoms with Crippen molar-refractivity contribution in [1.82, 2.24) is 4.98 Å². The number of fused-ring (bicyclic) bond motifs is 1. The van der Waals surface area contributed by atoms with Gasteiger partial charge in [-0.2, -0.15) is 0 Å². The van der Waals surface area contributed by atoms with Crippen molar-refractivity contribution in [3.8, 4) is 11.3 Å². The molecule has 2 aromatic carbocycles. The fraction of sp³-hybridized carbons (Fsp3) is 0.304. The maximum atomic E-state index is 12.3. The minimum absolute atomic E-state index is 0.373. The van der Waals surface area contributed by atoms with Crippen LogP contribution in [0.1, 0.15) is 41.6 Å². The highest BCUT2D eigenvalue weighted by atomic mass is 16.4. The van der Waals surface area contributed by atoms with Gasteiger partial charge < -0.3 is 10.0 Å². The van der Waals surface area contributed by atoms with Gasteiger partial charge in [0.15, 0.2) is 0 Å². The van der Waals surface area contributed by atoms with E-state index in [2.05, 4.69) is 24.0 Å². The summed E-state index contributed by atoms with van der Waals surface area (Å²) in [4.78, 5) is 19.5. The Bertz CT molecular complexity index is 972. The first kappa shape index (κ1) is 17.5.